The SMILES string of the molecule is CC1C2CC(c3ccc(O)cc3)C(C2)C1C.CC1C2CC(c3ccc(O[Si](C)(C)C)cc3)C(C2)C1C.[F-]. The summed E-state index contributed by atoms with van der Waals surface area (Å²) in [7, 11) is -1.48. The van der Waals surface area contributed by atoms with Crippen LogP contribution in [0.15, 0.2) is 48.5 Å². The van der Waals surface area contributed by atoms with Crippen LogP contribution in [0, 0.1) is 47.3 Å². The van der Waals surface area contributed by atoms with Crippen molar-refractivity contribution >= 4 is 8.32 Å². The monoisotopic (exact) mass is 523 g/mol. The first-order valence-electron chi connectivity index (χ1n) is 14.6. The largest absolute Gasteiger partial charge is 1.00 e. The first-order valence-corrected chi connectivity index (χ1v) is 18.0. The lowest BCUT2D eigenvalue weighted by atomic mass is 9.73. The molecule has 0 amide bonds. The van der Waals surface area contributed by atoms with Gasteiger partial charge in [-0.25, -0.2) is 0 Å². The van der Waals surface area contributed by atoms with E-state index < -0.39 is 8.32 Å². The molecule has 10 atom stereocenters. The predicted molar refractivity (Wildman–Crippen MR) is 153 cm³/mol. The first kappa shape index (κ1) is 28.2. The van der Waals surface area contributed by atoms with Crippen molar-refractivity contribution in [2.75, 3.05) is 0 Å². The number of aromatic hydroxyl groups is 1. The fourth-order valence-electron chi connectivity index (χ4n) is 8.51. The number of halogens is 1. The maximum absolute atomic E-state index is 9.33. The van der Waals surface area contributed by atoms with Crippen LogP contribution in [-0.2, 0) is 0 Å². The quantitative estimate of drug-likeness (QED) is 0.492. The van der Waals surface area contributed by atoms with Gasteiger partial charge in [-0.15, -0.1) is 0 Å². The summed E-state index contributed by atoms with van der Waals surface area (Å²) < 4.78 is 6.06. The topological polar surface area (TPSA) is 29.5 Å². The van der Waals surface area contributed by atoms with Gasteiger partial charge in [0.15, 0.2) is 0 Å². The fraction of sp³-hybridized carbons (Fsp3) is 0.636. The molecule has 0 radical (unpaired) electrons. The summed E-state index contributed by atoms with van der Waals surface area (Å²) in [5.74, 6) is 10.3. The molecule has 2 aromatic rings. The van der Waals surface area contributed by atoms with E-state index in [9.17, 15) is 5.11 Å². The minimum absolute atomic E-state index is 0. The predicted octanol–water partition coefficient (Wildman–Crippen LogP) is 6.09. The molecule has 1 N–H and O–H groups in total. The zero-order chi connectivity index (χ0) is 25.8. The Balaban J connectivity index is 0.000000172. The Kier molecular flexibility index (Phi) is 8.19. The molecule has 4 aliphatic carbocycles. The number of rotatable bonds is 4. The molecular weight excluding hydrogens is 475 g/mol. The second-order valence-electron chi connectivity index (χ2n) is 13.8. The van der Waals surface area contributed by atoms with Crippen LogP contribution in [0.4, 0.5) is 0 Å². The number of phenols is 1. The second kappa shape index (κ2) is 10.7. The summed E-state index contributed by atoms with van der Waals surface area (Å²) in [5.41, 5.74) is 2.98. The maximum atomic E-state index is 9.33. The number of hydrogen-bond donors (Lipinski definition) is 1. The average molecular weight is 524 g/mol. The van der Waals surface area contributed by atoms with E-state index in [-0.39, 0.29) is 4.70 Å². The third-order valence-corrected chi connectivity index (χ3v) is 11.7. The first-order chi connectivity index (χ1) is 17.0. The van der Waals surface area contributed by atoms with Crippen LogP contribution in [0.3, 0.4) is 0 Å². The van der Waals surface area contributed by atoms with Crippen molar-refractivity contribution in [1.29, 1.82) is 0 Å². The summed E-state index contributed by atoms with van der Waals surface area (Å²) in [6.07, 6.45) is 5.65. The summed E-state index contributed by atoms with van der Waals surface area (Å²) in [6.45, 7) is 16.5. The van der Waals surface area contributed by atoms with Crippen molar-refractivity contribution in [3.05, 3.63) is 59.7 Å². The highest BCUT2D eigenvalue weighted by atomic mass is 28.4. The molecule has 37 heavy (non-hydrogen) atoms. The lowest BCUT2D eigenvalue weighted by molar-refractivity contribution is -0.00000969. The Morgan fingerprint density at radius 1 is 0.622 bits per heavy atom. The highest BCUT2D eigenvalue weighted by Crippen LogP contribution is 2.59. The number of phenolic OH excluding ortho intramolecular Hbond substituents is 1. The van der Waals surface area contributed by atoms with Crippen molar-refractivity contribution in [1.82, 2.24) is 0 Å². The van der Waals surface area contributed by atoms with E-state index in [1.54, 1.807) is 5.56 Å². The normalized spacial score (nSPS) is 37.6. The van der Waals surface area contributed by atoms with Gasteiger partial charge in [-0.2, -0.15) is 0 Å². The van der Waals surface area contributed by atoms with Gasteiger partial charge < -0.3 is 14.2 Å². The Hall–Kier alpha value is -1.81. The molecule has 0 aliphatic heterocycles. The molecule has 4 aliphatic rings. The molecule has 0 spiro atoms. The van der Waals surface area contributed by atoms with Gasteiger partial charge in [0.05, 0.1) is 0 Å². The van der Waals surface area contributed by atoms with Crippen LogP contribution < -0.4 is 9.13 Å². The van der Waals surface area contributed by atoms with E-state index in [0.717, 1.165) is 64.9 Å². The van der Waals surface area contributed by atoms with Crippen LogP contribution >= 0.6 is 0 Å². The van der Waals surface area contributed by atoms with Gasteiger partial charge in [-0.05, 0) is 140 Å². The third kappa shape index (κ3) is 5.65. The van der Waals surface area contributed by atoms with Gasteiger partial charge in [0.25, 0.3) is 0 Å². The Bertz CT molecular complexity index is 1030. The molecule has 4 heteroatoms. The van der Waals surface area contributed by atoms with Gasteiger partial charge in [-0.1, -0.05) is 52.0 Å². The third-order valence-electron chi connectivity index (χ3n) is 10.8. The molecule has 0 aromatic heterocycles. The molecule has 204 valence electrons. The maximum Gasteiger partial charge on any atom is 0.242 e. The second-order valence-corrected chi connectivity index (χ2v) is 18.2. The van der Waals surface area contributed by atoms with Crippen molar-refractivity contribution in [2.24, 2.45) is 47.3 Å². The fourth-order valence-corrected chi connectivity index (χ4v) is 9.35. The Morgan fingerprint density at radius 2 is 1.03 bits per heavy atom. The Labute approximate surface area is 225 Å². The molecule has 4 fully saturated rings. The van der Waals surface area contributed by atoms with Crippen LogP contribution in [0.2, 0.25) is 19.6 Å². The van der Waals surface area contributed by atoms with E-state index in [1.165, 1.54) is 31.2 Å². The van der Waals surface area contributed by atoms with Gasteiger partial charge in [-0.3, -0.25) is 0 Å². The van der Waals surface area contributed by atoms with Crippen molar-refractivity contribution in [3.8, 4) is 11.5 Å². The minimum atomic E-state index is -1.48. The van der Waals surface area contributed by atoms with Crippen LogP contribution in [0.1, 0.15) is 76.3 Å². The average Bonchev–Trinajstić information content (AvgIpc) is 3.58. The van der Waals surface area contributed by atoms with Gasteiger partial charge in [0, 0.05) is 0 Å². The summed E-state index contributed by atoms with van der Waals surface area (Å²) in [6, 6.07) is 16.9. The Morgan fingerprint density at radius 3 is 1.38 bits per heavy atom. The summed E-state index contributed by atoms with van der Waals surface area (Å²) in [5, 5.41) is 9.33. The lowest BCUT2D eigenvalue weighted by Gasteiger charge is -2.32. The summed E-state index contributed by atoms with van der Waals surface area (Å²) >= 11 is 0. The zero-order valence-corrected chi connectivity index (χ0v) is 25.0. The summed E-state index contributed by atoms with van der Waals surface area (Å²) in [4.78, 5) is 0. The number of fused-ring (bicyclic) bond motifs is 4. The molecular formula is C33H48FO2Si-. The standard InChI is InChI=1S/C18H28OSi.C15H20O.FH/c1-12-13(2)17-10-15(12)11-18(17)14-6-8-16(9-7-14)19-20(3,4)5;1-9-10(2)14-7-12(9)8-15(14)11-3-5-13(16)6-4-11;/h6-9,12-13,15,17-18H,10-11H2,1-5H3;3-6,9-10,12,14-16H,7-8H2,1-2H3;1H/p-1. The van der Waals surface area contributed by atoms with Crippen LogP contribution in [0.5, 0.6) is 11.5 Å². The van der Waals surface area contributed by atoms with Crippen molar-refractivity contribution in [2.45, 2.75) is 84.9 Å². The zero-order valence-electron chi connectivity index (χ0n) is 24.0. The molecule has 2 aromatic carbocycles. The van der Waals surface area contributed by atoms with Crippen LogP contribution in [-0.4, -0.2) is 13.4 Å². The van der Waals surface area contributed by atoms with E-state index in [2.05, 4.69) is 83.7 Å². The molecule has 2 nitrogen and oxygen atoms in total. The molecule has 0 heterocycles. The molecule has 0 saturated heterocycles. The van der Waals surface area contributed by atoms with Crippen LogP contribution in [0.25, 0.3) is 0 Å². The highest BCUT2D eigenvalue weighted by Gasteiger charge is 2.49. The van der Waals surface area contributed by atoms with Gasteiger partial charge >= 0.3 is 0 Å². The molecule has 4 bridgehead atoms. The van der Waals surface area contributed by atoms with Crippen molar-refractivity contribution in [3.63, 3.8) is 0 Å². The van der Waals surface area contributed by atoms with E-state index >= 15 is 0 Å². The minimum Gasteiger partial charge on any atom is -1.00 e. The van der Waals surface area contributed by atoms with Crippen molar-refractivity contribution < 1.29 is 14.2 Å². The van der Waals surface area contributed by atoms with Gasteiger partial charge in [0.1, 0.15) is 11.5 Å². The van der Waals surface area contributed by atoms with E-state index in [1.807, 2.05) is 12.1 Å². The smallest absolute Gasteiger partial charge is 0.242 e. The molecule has 10 unspecified atom stereocenters. The van der Waals surface area contributed by atoms with E-state index in [4.69, 9.17) is 4.43 Å². The van der Waals surface area contributed by atoms with Gasteiger partial charge in [0.2, 0.25) is 8.32 Å². The lowest BCUT2D eigenvalue weighted by Crippen LogP contribution is -3.00. The molecule has 4 saturated carbocycles. The van der Waals surface area contributed by atoms with E-state index in [0.29, 0.717) is 5.75 Å². The number of hydrogen-bond acceptors (Lipinski definition) is 2. The highest BCUT2D eigenvalue weighted by molar-refractivity contribution is 6.70. The number of benzene rings is 2. The molecule has 6 rings (SSSR count).